The van der Waals surface area contributed by atoms with Gasteiger partial charge in [-0.15, -0.1) is 0 Å². The Bertz CT molecular complexity index is 710. The van der Waals surface area contributed by atoms with Gasteiger partial charge in [0.05, 0.1) is 25.5 Å². The molecule has 0 unspecified atom stereocenters. The van der Waals surface area contributed by atoms with Gasteiger partial charge in [0.15, 0.2) is 0 Å². The van der Waals surface area contributed by atoms with Crippen LogP contribution in [0.1, 0.15) is 11.1 Å². The van der Waals surface area contributed by atoms with Crippen LogP contribution in [0.5, 0.6) is 5.75 Å². The number of methoxy groups -OCH3 is 2. The molecule has 0 saturated carbocycles. The van der Waals surface area contributed by atoms with Crippen molar-refractivity contribution in [3.63, 3.8) is 0 Å². The minimum Gasteiger partial charge on any atom is -0.503 e. The maximum absolute atomic E-state index is 12.0. The third-order valence-electron chi connectivity index (χ3n) is 3.17. The van der Waals surface area contributed by atoms with Crippen molar-refractivity contribution in [1.82, 2.24) is 0 Å². The monoisotopic (exact) mass is 332 g/mol. The standard InChI is InChI=1S/C18H17ClO4/c1-21-12-15(18(20)22-2)14-8-4-3-7-13(14)11-23-17-10-6-5-9-16(17)19/h3-10,12H,11H2,1-2H3. The van der Waals surface area contributed by atoms with E-state index in [-0.39, 0.29) is 6.61 Å². The molecule has 2 rings (SSSR count). The Labute approximate surface area is 140 Å². The molecule has 0 saturated heterocycles. The first-order chi connectivity index (χ1) is 11.2. The van der Waals surface area contributed by atoms with E-state index in [1.165, 1.54) is 20.5 Å². The van der Waals surface area contributed by atoms with E-state index in [2.05, 4.69) is 0 Å². The lowest BCUT2D eigenvalue weighted by Gasteiger charge is -2.13. The van der Waals surface area contributed by atoms with E-state index in [0.29, 0.717) is 21.9 Å². The van der Waals surface area contributed by atoms with Crippen LogP contribution >= 0.6 is 11.6 Å². The molecule has 0 aliphatic carbocycles. The number of rotatable bonds is 6. The fourth-order valence-corrected chi connectivity index (χ4v) is 2.27. The zero-order valence-electron chi connectivity index (χ0n) is 12.9. The summed E-state index contributed by atoms with van der Waals surface area (Å²) in [5.41, 5.74) is 1.84. The summed E-state index contributed by atoms with van der Waals surface area (Å²) < 4.78 is 15.6. The van der Waals surface area contributed by atoms with Crippen molar-refractivity contribution in [2.24, 2.45) is 0 Å². The molecule has 5 heteroatoms. The molecule has 2 aromatic rings. The van der Waals surface area contributed by atoms with Crippen LogP contribution in [0.25, 0.3) is 5.57 Å². The lowest BCUT2D eigenvalue weighted by atomic mass is 10.0. The molecule has 0 radical (unpaired) electrons. The second kappa shape index (κ2) is 8.25. The van der Waals surface area contributed by atoms with Gasteiger partial charge in [-0.05, 0) is 23.3 Å². The molecule has 0 aliphatic rings. The maximum atomic E-state index is 12.0. The molecule has 0 amide bonds. The number of halogens is 1. The number of benzene rings is 2. The van der Waals surface area contributed by atoms with Gasteiger partial charge < -0.3 is 14.2 Å². The Morgan fingerprint density at radius 2 is 1.78 bits per heavy atom. The molecule has 0 spiro atoms. The third-order valence-corrected chi connectivity index (χ3v) is 3.48. The van der Waals surface area contributed by atoms with Crippen LogP contribution in [0.4, 0.5) is 0 Å². The van der Waals surface area contributed by atoms with Gasteiger partial charge in [-0.2, -0.15) is 0 Å². The number of carbonyl (C=O) groups excluding carboxylic acids is 1. The zero-order chi connectivity index (χ0) is 16.7. The van der Waals surface area contributed by atoms with Crippen molar-refractivity contribution >= 4 is 23.1 Å². The summed E-state index contributed by atoms with van der Waals surface area (Å²) >= 11 is 6.08. The predicted molar refractivity (Wildman–Crippen MR) is 89.2 cm³/mol. The lowest BCUT2D eigenvalue weighted by Crippen LogP contribution is -2.08. The van der Waals surface area contributed by atoms with Gasteiger partial charge in [-0.25, -0.2) is 4.79 Å². The molecule has 0 atom stereocenters. The highest BCUT2D eigenvalue weighted by atomic mass is 35.5. The number of hydrogen-bond acceptors (Lipinski definition) is 4. The summed E-state index contributed by atoms with van der Waals surface area (Å²) in [6, 6.07) is 14.6. The van der Waals surface area contributed by atoms with Crippen molar-refractivity contribution in [3.8, 4) is 5.75 Å². The number of hydrogen-bond donors (Lipinski definition) is 0. The third kappa shape index (κ3) is 4.27. The van der Waals surface area contributed by atoms with E-state index in [9.17, 15) is 4.79 Å². The fourth-order valence-electron chi connectivity index (χ4n) is 2.08. The van der Waals surface area contributed by atoms with Crippen molar-refractivity contribution < 1.29 is 19.0 Å². The normalized spacial score (nSPS) is 11.0. The number of ether oxygens (including phenoxy) is 3. The SMILES string of the molecule is COC=C(C(=O)OC)c1ccccc1COc1ccccc1Cl. The molecule has 0 heterocycles. The number of esters is 1. The molecular formula is C18H17ClO4. The second-order valence-corrected chi connectivity index (χ2v) is 5.04. The largest absolute Gasteiger partial charge is 0.503 e. The van der Waals surface area contributed by atoms with Crippen LogP contribution in [0.2, 0.25) is 5.02 Å². The van der Waals surface area contributed by atoms with Crippen LogP contribution in [0, 0.1) is 0 Å². The molecule has 0 aromatic heterocycles. The quantitative estimate of drug-likeness (QED) is 0.454. The van der Waals surface area contributed by atoms with Gasteiger partial charge >= 0.3 is 5.97 Å². The fraction of sp³-hybridized carbons (Fsp3) is 0.167. The van der Waals surface area contributed by atoms with Crippen LogP contribution < -0.4 is 4.74 Å². The highest BCUT2D eigenvalue weighted by Gasteiger charge is 2.17. The van der Waals surface area contributed by atoms with Gasteiger partial charge in [0.2, 0.25) is 0 Å². The van der Waals surface area contributed by atoms with Crippen LogP contribution in [-0.4, -0.2) is 20.2 Å². The van der Waals surface area contributed by atoms with Crippen molar-refractivity contribution in [3.05, 3.63) is 70.9 Å². The van der Waals surface area contributed by atoms with E-state index < -0.39 is 5.97 Å². The summed E-state index contributed by atoms with van der Waals surface area (Å²) in [5.74, 6) is 0.108. The average molecular weight is 333 g/mol. The Morgan fingerprint density at radius 3 is 2.48 bits per heavy atom. The summed E-state index contributed by atoms with van der Waals surface area (Å²) in [7, 11) is 2.81. The molecular weight excluding hydrogens is 316 g/mol. The van der Waals surface area contributed by atoms with E-state index in [1.54, 1.807) is 12.1 Å². The van der Waals surface area contributed by atoms with Crippen LogP contribution in [0.3, 0.4) is 0 Å². The van der Waals surface area contributed by atoms with Crippen LogP contribution in [0.15, 0.2) is 54.8 Å². The van der Waals surface area contributed by atoms with Gasteiger partial charge in [-0.1, -0.05) is 48.0 Å². The first kappa shape index (κ1) is 16.9. The Hall–Kier alpha value is -2.46. The molecule has 2 aromatic carbocycles. The highest BCUT2D eigenvalue weighted by molar-refractivity contribution is 6.32. The first-order valence-electron chi connectivity index (χ1n) is 6.94. The summed E-state index contributed by atoms with van der Waals surface area (Å²) in [4.78, 5) is 12.0. The Balaban J connectivity index is 2.28. The molecule has 0 fully saturated rings. The van der Waals surface area contributed by atoms with Crippen LogP contribution in [-0.2, 0) is 20.9 Å². The minimum absolute atomic E-state index is 0.262. The number of carbonyl (C=O) groups is 1. The molecule has 0 N–H and O–H groups in total. The van der Waals surface area contributed by atoms with Crippen molar-refractivity contribution in [1.29, 1.82) is 0 Å². The summed E-state index contributed by atoms with van der Waals surface area (Å²) in [6.45, 7) is 0.262. The van der Waals surface area contributed by atoms with Crippen molar-refractivity contribution in [2.45, 2.75) is 6.61 Å². The molecule has 0 bridgehead atoms. The summed E-state index contributed by atoms with van der Waals surface area (Å²) in [6.07, 6.45) is 1.36. The Kier molecular flexibility index (Phi) is 6.06. The lowest BCUT2D eigenvalue weighted by molar-refractivity contribution is -0.133. The molecule has 120 valence electrons. The second-order valence-electron chi connectivity index (χ2n) is 4.64. The van der Waals surface area contributed by atoms with E-state index in [1.807, 2.05) is 36.4 Å². The zero-order valence-corrected chi connectivity index (χ0v) is 13.7. The van der Waals surface area contributed by atoms with Gasteiger partial charge in [0, 0.05) is 0 Å². The Morgan fingerprint density at radius 1 is 1.09 bits per heavy atom. The summed E-state index contributed by atoms with van der Waals surface area (Å²) in [5, 5.41) is 0.533. The average Bonchev–Trinajstić information content (AvgIpc) is 2.59. The van der Waals surface area contributed by atoms with Gasteiger partial charge in [-0.3, -0.25) is 0 Å². The van der Waals surface area contributed by atoms with E-state index in [0.717, 1.165) is 5.56 Å². The first-order valence-corrected chi connectivity index (χ1v) is 7.32. The minimum atomic E-state index is -0.475. The number of para-hydroxylation sites is 1. The van der Waals surface area contributed by atoms with E-state index in [4.69, 9.17) is 25.8 Å². The maximum Gasteiger partial charge on any atom is 0.341 e. The molecule has 0 aliphatic heterocycles. The van der Waals surface area contributed by atoms with E-state index >= 15 is 0 Å². The molecule has 4 nitrogen and oxygen atoms in total. The van der Waals surface area contributed by atoms with Gasteiger partial charge in [0.25, 0.3) is 0 Å². The topological polar surface area (TPSA) is 44.8 Å². The highest BCUT2D eigenvalue weighted by Crippen LogP contribution is 2.26. The van der Waals surface area contributed by atoms with Gasteiger partial charge in [0.1, 0.15) is 17.9 Å². The van der Waals surface area contributed by atoms with Crippen molar-refractivity contribution in [2.75, 3.05) is 14.2 Å². The molecule has 23 heavy (non-hydrogen) atoms. The smallest absolute Gasteiger partial charge is 0.341 e. The predicted octanol–water partition coefficient (Wildman–Crippen LogP) is 4.08.